The molecule has 0 saturated heterocycles. The lowest BCUT2D eigenvalue weighted by molar-refractivity contribution is -0.191. The van der Waals surface area contributed by atoms with Crippen LogP contribution in [0.4, 0.5) is 4.79 Å². The fraction of sp³-hybridized carbons (Fsp3) is 0.333. The number of nitrogens with one attached hydrogen (secondary N) is 1. The van der Waals surface area contributed by atoms with Crippen LogP contribution in [0.1, 0.15) is 31.9 Å². The van der Waals surface area contributed by atoms with Gasteiger partial charge in [0.15, 0.2) is 0 Å². The van der Waals surface area contributed by atoms with E-state index >= 15 is 0 Å². The molecule has 1 N–H and O–H groups in total. The van der Waals surface area contributed by atoms with E-state index in [-0.39, 0.29) is 18.3 Å². The third-order valence-electron chi connectivity index (χ3n) is 3.37. The molecule has 2 aromatic rings. The number of alkyl carbamates (subject to hydrolysis) is 1. The summed E-state index contributed by atoms with van der Waals surface area (Å²) in [7, 11) is 0. The van der Waals surface area contributed by atoms with Crippen molar-refractivity contribution in [3.63, 3.8) is 0 Å². The molecule has 0 unspecified atom stereocenters. The second kappa shape index (κ2) is 10.9. The summed E-state index contributed by atoms with van der Waals surface area (Å²) in [4.78, 5) is 28.4. The third kappa shape index (κ3) is 9.40. The minimum absolute atomic E-state index is 0.00495. The van der Waals surface area contributed by atoms with Gasteiger partial charge in [0.05, 0.1) is 0 Å². The Morgan fingerprint density at radius 2 is 1.31 bits per heavy atom. The topological polar surface area (TPSA) is 72.5 Å². The van der Waals surface area contributed by atoms with Crippen molar-refractivity contribution in [2.45, 2.75) is 45.3 Å². The van der Waals surface area contributed by atoms with Gasteiger partial charge in [0.1, 0.15) is 5.60 Å². The predicted octanol–water partition coefficient (Wildman–Crippen LogP) is 3.78. The largest absolute Gasteiger partial charge is 0.444 e. The van der Waals surface area contributed by atoms with Crippen LogP contribution in [0.5, 0.6) is 0 Å². The summed E-state index contributed by atoms with van der Waals surface area (Å²) >= 11 is 0. The van der Waals surface area contributed by atoms with E-state index in [1.165, 1.54) is 11.1 Å². The van der Waals surface area contributed by atoms with Gasteiger partial charge >= 0.3 is 12.2 Å². The number of rotatable bonds is 5. The highest BCUT2D eigenvalue weighted by atomic mass is 16.6. The maximum atomic E-state index is 12.1. The SMILES string of the molecule is CC(C)(C)OC(=O)NC(Cc1ccccc1)Cc1ccccc1.O=C=O. The summed E-state index contributed by atoms with van der Waals surface area (Å²) in [6.45, 7) is 5.61. The monoisotopic (exact) mass is 355 g/mol. The maximum absolute atomic E-state index is 12.1. The van der Waals surface area contributed by atoms with Crippen LogP contribution in [0.2, 0.25) is 0 Å². The molecule has 2 rings (SSSR count). The molecule has 0 spiro atoms. The van der Waals surface area contributed by atoms with Gasteiger partial charge < -0.3 is 10.1 Å². The zero-order valence-electron chi connectivity index (χ0n) is 15.4. The molecule has 0 radical (unpaired) electrons. The Bertz CT molecular complexity index is 645. The number of carbonyl (C=O) groups is 1. The summed E-state index contributed by atoms with van der Waals surface area (Å²) in [5.74, 6) is 0. The standard InChI is InChI=1S/C20H25NO2.CO2/c1-20(2,3)23-19(22)21-18(14-16-10-6-4-7-11-16)15-17-12-8-5-9-13-17;2-1-3/h4-13,18H,14-15H2,1-3H3,(H,21,22);. The van der Waals surface area contributed by atoms with Gasteiger partial charge in [-0.1, -0.05) is 60.7 Å². The van der Waals surface area contributed by atoms with Crippen molar-refractivity contribution in [3.05, 3.63) is 71.8 Å². The van der Waals surface area contributed by atoms with E-state index in [1.807, 2.05) is 57.2 Å². The zero-order valence-corrected chi connectivity index (χ0v) is 15.4. The van der Waals surface area contributed by atoms with Gasteiger partial charge in [0.2, 0.25) is 0 Å². The van der Waals surface area contributed by atoms with Crippen molar-refractivity contribution < 1.29 is 19.1 Å². The lowest BCUT2D eigenvalue weighted by Gasteiger charge is -2.24. The van der Waals surface area contributed by atoms with Crippen molar-refractivity contribution in [2.75, 3.05) is 0 Å². The van der Waals surface area contributed by atoms with Crippen LogP contribution in [0.15, 0.2) is 60.7 Å². The molecule has 0 fully saturated rings. The van der Waals surface area contributed by atoms with E-state index < -0.39 is 5.60 Å². The van der Waals surface area contributed by atoms with Crippen LogP contribution >= 0.6 is 0 Å². The van der Waals surface area contributed by atoms with Crippen LogP contribution in [0, 0.1) is 0 Å². The Morgan fingerprint density at radius 3 is 1.65 bits per heavy atom. The van der Waals surface area contributed by atoms with Crippen molar-refractivity contribution in [1.82, 2.24) is 5.32 Å². The Morgan fingerprint density at radius 1 is 0.923 bits per heavy atom. The van der Waals surface area contributed by atoms with Crippen LogP contribution in [0.25, 0.3) is 0 Å². The normalized spacial score (nSPS) is 10.3. The Kier molecular flexibility index (Phi) is 8.82. The van der Waals surface area contributed by atoms with Crippen molar-refractivity contribution >= 4 is 12.2 Å². The molecule has 2 aromatic carbocycles. The van der Waals surface area contributed by atoms with E-state index in [0.717, 1.165) is 12.8 Å². The second-order valence-electron chi connectivity index (χ2n) is 6.81. The molecular formula is C21H25NO4. The molecule has 5 nitrogen and oxygen atoms in total. The first-order valence-corrected chi connectivity index (χ1v) is 8.40. The van der Waals surface area contributed by atoms with Crippen molar-refractivity contribution in [3.8, 4) is 0 Å². The number of ether oxygens (including phenoxy) is 1. The first-order chi connectivity index (χ1) is 12.3. The molecule has 0 aromatic heterocycles. The quantitative estimate of drug-likeness (QED) is 0.886. The number of hydrogen-bond donors (Lipinski definition) is 1. The van der Waals surface area contributed by atoms with Gasteiger partial charge in [0.25, 0.3) is 0 Å². The Labute approximate surface area is 154 Å². The summed E-state index contributed by atoms with van der Waals surface area (Å²) in [6.07, 6.45) is 1.43. The van der Waals surface area contributed by atoms with Crippen LogP contribution in [-0.2, 0) is 27.2 Å². The van der Waals surface area contributed by atoms with E-state index in [2.05, 4.69) is 29.6 Å². The lowest BCUT2D eigenvalue weighted by atomic mass is 9.99. The first-order valence-electron chi connectivity index (χ1n) is 8.40. The first kappa shape index (κ1) is 21.1. The average Bonchev–Trinajstić information content (AvgIpc) is 2.55. The molecule has 0 saturated carbocycles. The number of amides is 1. The average molecular weight is 355 g/mol. The molecular weight excluding hydrogens is 330 g/mol. The minimum Gasteiger partial charge on any atom is -0.444 e. The van der Waals surface area contributed by atoms with Crippen LogP contribution in [-0.4, -0.2) is 23.9 Å². The molecule has 0 aliphatic heterocycles. The molecule has 0 atom stereocenters. The van der Waals surface area contributed by atoms with Crippen molar-refractivity contribution in [1.29, 1.82) is 0 Å². The highest BCUT2D eigenvalue weighted by molar-refractivity contribution is 5.68. The summed E-state index contributed by atoms with van der Waals surface area (Å²) in [6, 6.07) is 20.4. The number of hydrogen-bond acceptors (Lipinski definition) is 4. The zero-order chi connectivity index (χ0) is 19.4. The summed E-state index contributed by atoms with van der Waals surface area (Å²) < 4.78 is 5.39. The predicted molar refractivity (Wildman–Crippen MR) is 98.5 cm³/mol. The fourth-order valence-corrected chi connectivity index (χ4v) is 2.45. The van der Waals surface area contributed by atoms with Gasteiger partial charge in [-0.25, -0.2) is 4.79 Å². The van der Waals surface area contributed by atoms with Crippen LogP contribution in [0.3, 0.4) is 0 Å². The summed E-state index contributed by atoms with van der Waals surface area (Å²) in [5.41, 5.74) is 1.91. The van der Waals surface area contributed by atoms with E-state index in [0.29, 0.717) is 0 Å². The lowest BCUT2D eigenvalue weighted by Crippen LogP contribution is -2.41. The van der Waals surface area contributed by atoms with Gasteiger partial charge in [-0.05, 0) is 44.7 Å². The molecule has 0 aliphatic carbocycles. The number of benzene rings is 2. The third-order valence-corrected chi connectivity index (χ3v) is 3.37. The minimum atomic E-state index is -0.492. The van der Waals surface area contributed by atoms with Crippen LogP contribution < -0.4 is 5.32 Å². The summed E-state index contributed by atoms with van der Waals surface area (Å²) in [5, 5.41) is 3.01. The maximum Gasteiger partial charge on any atom is 0.407 e. The van der Waals surface area contributed by atoms with Crippen molar-refractivity contribution in [2.24, 2.45) is 0 Å². The van der Waals surface area contributed by atoms with E-state index in [1.54, 1.807) is 0 Å². The molecule has 0 aliphatic rings. The Hall–Kier alpha value is -2.91. The molecule has 5 heteroatoms. The molecule has 26 heavy (non-hydrogen) atoms. The van der Waals surface area contributed by atoms with E-state index in [4.69, 9.17) is 14.3 Å². The second-order valence-corrected chi connectivity index (χ2v) is 6.81. The van der Waals surface area contributed by atoms with Gasteiger partial charge in [-0.3, -0.25) is 0 Å². The molecule has 0 bridgehead atoms. The van der Waals surface area contributed by atoms with Gasteiger partial charge in [0, 0.05) is 6.04 Å². The van der Waals surface area contributed by atoms with Gasteiger partial charge in [-0.2, -0.15) is 9.59 Å². The fourth-order valence-electron chi connectivity index (χ4n) is 2.45. The highest BCUT2D eigenvalue weighted by Gasteiger charge is 2.20. The Balaban J connectivity index is 0.00000105. The molecule has 138 valence electrons. The number of carbonyl (C=O) groups excluding carboxylic acids is 3. The van der Waals surface area contributed by atoms with Gasteiger partial charge in [-0.15, -0.1) is 0 Å². The molecule has 1 amide bonds. The smallest absolute Gasteiger partial charge is 0.407 e. The molecule has 0 heterocycles. The highest BCUT2D eigenvalue weighted by Crippen LogP contribution is 2.11. The van der Waals surface area contributed by atoms with E-state index in [9.17, 15) is 4.79 Å².